The topological polar surface area (TPSA) is 61.4 Å². The van der Waals surface area contributed by atoms with E-state index >= 15 is 0 Å². The van der Waals surface area contributed by atoms with Crippen LogP contribution in [0.25, 0.3) is 0 Å². The molecule has 2 N–H and O–H groups in total. The van der Waals surface area contributed by atoms with E-state index in [0.717, 1.165) is 30.6 Å². The van der Waals surface area contributed by atoms with Crippen molar-refractivity contribution in [2.75, 3.05) is 11.4 Å². The lowest BCUT2D eigenvalue weighted by Crippen LogP contribution is -2.40. The molecule has 0 saturated carbocycles. The van der Waals surface area contributed by atoms with Crippen LogP contribution in [0.1, 0.15) is 38.7 Å². The highest BCUT2D eigenvalue weighted by molar-refractivity contribution is 5.95. The Morgan fingerprint density at radius 2 is 2.24 bits per heavy atom. The molecular formula is C16H23N3O2. The van der Waals surface area contributed by atoms with Crippen LogP contribution in [0.5, 0.6) is 0 Å². The third-order valence-electron chi connectivity index (χ3n) is 3.74. The zero-order valence-electron chi connectivity index (χ0n) is 12.7. The van der Waals surface area contributed by atoms with E-state index < -0.39 is 0 Å². The van der Waals surface area contributed by atoms with E-state index in [1.165, 1.54) is 0 Å². The SMILES string of the molecule is CCC(C)NC(=O)NCc1cccc(N2CCCC2=O)c1. The van der Waals surface area contributed by atoms with E-state index in [0.29, 0.717) is 13.0 Å². The second-order valence-electron chi connectivity index (χ2n) is 5.46. The minimum Gasteiger partial charge on any atom is -0.336 e. The molecule has 2 rings (SSSR count). The van der Waals surface area contributed by atoms with Crippen molar-refractivity contribution in [3.63, 3.8) is 0 Å². The number of amides is 3. The van der Waals surface area contributed by atoms with Gasteiger partial charge in [-0.3, -0.25) is 4.79 Å². The summed E-state index contributed by atoms with van der Waals surface area (Å²) < 4.78 is 0. The number of anilines is 1. The Morgan fingerprint density at radius 3 is 2.90 bits per heavy atom. The molecule has 3 amide bonds. The second kappa shape index (κ2) is 7.11. The molecule has 5 nitrogen and oxygen atoms in total. The van der Waals surface area contributed by atoms with Gasteiger partial charge < -0.3 is 15.5 Å². The first-order valence-electron chi connectivity index (χ1n) is 7.54. The lowest BCUT2D eigenvalue weighted by Gasteiger charge is -2.17. The number of nitrogens with zero attached hydrogens (tertiary/aromatic N) is 1. The summed E-state index contributed by atoms with van der Waals surface area (Å²) >= 11 is 0. The quantitative estimate of drug-likeness (QED) is 0.874. The van der Waals surface area contributed by atoms with Crippen LogP contribution < -0.4 is 15.5 Å². The summed E-state index contributed by atoms with van der Waals surface area (Å²) in [6, 6.07) is 7.78. The van der Waals surface area contributed by atoms with Gasteiger partial charge in [0.05, 0.1) is 0 Å². The highest BCUT2D eigenvalue weighted by Gasteiger charge is 2.21. The van der Waals surface area contributed by atoms with Crippen LogP contribution in [0, 0.1) is 0 Å². The molecule has 5 heteroatoms. The Kier molecular flexibility index (Phi) is 5.20. The number of carbonyl (C=O) groups is 2. The molecule has 1 unspecified atom stereocenters. The van der Waals surface area contributed by atoms with Crippen LogP contribution in [-0.4, -0.2) is 24.5 Å². The maximum Gasteiger partial charge on any atom is 0.315 e. The lowest BCUT2D eigenvalue weighted by molar-refractivity contribution is -0.117. The van der Waals surface area contributed by atoms with Crippen molar-refractivity contribution < 1.29 is 9.59 Å². The Bertz CT molecular complexity index is 516. The van der Waals surface area contributed by atoms with Gasteiger partial charge in [-0.25, -0.2) is 4.79 Å². The molecule has 1 atom stereocenters. The molecule has 0 aromatic heterocycles. The smallest absolute Gasteiger partial charge is 0.315 e. The molecule has 0 spiro atoms. The van der Waals surface area contributed by atoms with Crippen molar-refractivity contribution in [3.05, 3.63) is 29.8 Å². The highest BCUT2D eigenvalue weighted by atomic mass is 16.2. The van der Waals surface area contributed by atoms with Gasteiger partial charge in [-0.2, -0.15) is 0 Å². The van der Waals surface area contributed by atoms with E-state index in [1.807, 2.05) is 43.0 Å². The summed E-state index contributed by atoms with van der Waals surface area (Å²) in [5.41, 5.74) is 1.91. The molecule has 1 aliphatic heterocycles. The van der Waals surface area contributed by atoms with Crippen LogP contribution >= 0.6 is 0 Å². The molecule has 114 valence electrons. The summed E-state index contributed by atoms with van der Waals surface area (Å²) in [5.74, 6) is 0.176. The van der Waals surface area contributed by atoms with Crippen molar-refractivity contribution in [3.8, 4) is 0 Å². The average molecular weight is 289 g/mol. The number of hydrogen-bond donors (Lipinski definition) is 2. The molecule has 0 aliphatic carbocycles. The molecule has 1 saturated heterocycles. The predicted octanol–water partition coefficient (Wildman–Crippen LogP) is 2.41. The minimum absolute atomic E-state index is 0.160. The van der Waals surface area contributed by atoms with Crippen LogP contribution in [0.4, 0.5) is 10.5 Å². The molecule has 0 radical (unpaired) electrons. The first kappa shape index (κ1) is 15.4. The van der Waals surface area contributed by atoms with Gasteiger partial charge in [0.1, 0.15) is 0 Å². The monoisotopic (exact) mass is 289 g/mol. The Labute approximate surface area is 125 Å². The lowest BCUT2D eigenvalue weighted by atomic mass is 10.2. The summed E-state index contributed by atoms with van der Waals surface area (Å²) in [6.45, 7) is 5.24. The highest BCUT2D eigenvalue weighted by Crippen LogP contribution is 2.22. The predicted molar refractivity (Wildman–Crippen MR) is 83.2 cm³/mol. The van der Waals surface area contributed by atoms with Crippen molar-refractivity contribution in [2.24, 2.45) is 0 Å². The fourth-order valence-corrected chi connectivity index (χ4v) is 2.31. The minimum atomic E-state index is -0.160. The maximum absolute atomic E-state index is 11.8. The zero-order valence-corrected chi connectivity index (χ0v) is 12.7. The summed E-state index contributed by atoms with van der Waals surface area (Å²) in [6.07, 6.45) is 2.44. The number of rotatable bonds is 5. The van der Waals surface area contributed by atoms with E-state index in [1.54, 1.807) is 0 Å². The van der Waals surface area contributed by atoms with Gasteiger partial charge in [-0.1, -0.05) is 19.1 Å². The Balaban J connectivity index is 1.92. The van der Waals surface area contributed by atoms with Crippen LogP contribution in [0.2, 0.25) is 0 Å². The fourth-order valence-electron chi connectivity index (χ4n) is 2.31. The third kappa shape index (κ3) is 4.21. The van der Waals surface area contributed by atoms with Crippen molar-refractivity contribution in [1.82, 2.24) is 10.6 Å². The van der Waals surface area contributed by atoms with E-state index in [4.69, 9.17) is 0 Å². The van der Waals surface area contributed by atoms with Gasteiger partial charge in [-0.15, -0.1) is 0 Å². The van der Waals surface area contributed by atoms with Crippen molar-refractivity contribution in [1.29, 1.82) is 0 Å². The largest absolute Gasteiger partial charge is 0.336 e. The summed E-state index contributed by atoms with van der Waals surface area (Å²) in [5, 5.41) is 5.70. The fraction of sp³-hybridized carbons (Fsp3) is 0.500. The molecule has 0 bridgehead atoms. The van der Waals surface area contributed by atoms with Crippen LogP contribution in [0.3, 0.4) is 0 Å². The molecule has 1 fully saturated rings. The average Bonchev–Trinajstić information content (AvgIpc) is 2.91. The normalized spacial score (nSPS) is 15.9. The standard InChI is InChI=1S/C16H23N3O2/c1-3-12(2)18-16(21)17-11-13-6-4-7-14(10-13)19-9-5-8-15(19)20/h4,6-7,10,12H,3,5,8-9,11H2,1-2H3,(H2,17,18,21). The number of hydrogen-bond acceptors (Lipinski definition) is 2. The van der Waals surface area contributed by atoms with Gasteiger partial charge in [0.15, 0.2) is 0 Å². The van der Waals surface area contributed by atoms with Crippen LogP contribution in [0.15, 0.2) is 24.3 Å². The van der Waals surface area contributed by atoms with Gasteiger partial charge in [-0.05, 0) is 37.5 Å². The first-order valence-corrected chi connectivity index (χ1v) is 7.54. The molecule has 1 heterocycles. The van der Waals surface area contributed by atoms with E-state index in [9.17, 15) is 9.59 Å². The summed E-state index contributed by atoms with van der Waals surface area (Å²) in [4.78, 5) is 25.3. The van der Waals surface area contributed by atoms with Gasteiger partial charge in [0.25, 0.3) is 0 Å². The van der Waals surface area contributed by atoms with E-state index in [2.05, 4.69) is 10.6 Å². The van der Waals surface area contributed by atoms with Gasteiger partial charge >= 0.3 is 6.03 Å². The van der Waals surface area contributed by atoms with Crippen LogP contribution in [-0.2, 0) is 11.3 Å². The van der Waals surface area contributed by atoms with Gasteiger partial charge in [0.2, 0.25) is 5.91 Å². The Hall–Kier alpha value is -2.04. The molecule has 1 aliphatic rings. The molecular weight excluding hydrogens is 266 g/mol. The number of carbonyl (C=O) groups excluding carboxylic acids is 2. The molecule has 1 aromatic carbocycles. The number of urea groups is 1. The summed E-state index contributed by atoms with van der Waals surface area (Å²) in [7, 11) is 0. The molecule has 1 aromatic rings. The number of benzene rings is 1. The van der Waals surface area contributed by atoms with Crippen molar-refractivity contribution in [2.45, 2.75) is 45.7 Å². The zero-order chi connectivity index (χ0) is 15.2. The number of nitrogens with one attached hydrogen (secondary N) is 2. The van der Waals surface area contributed by atoms with Gasteiger partial charge in [0, 0.05) is 31.2 Å². The molecule has 21 heavy (non-hydrogen) atoms. The van der Waals surface area contributed by atoms with E-state index in [-0.39, 0.29) is 18.0 Å². The first-order chi connectivity index (χ1) is 10.1. The third-order valence-corrected chi connectivity index (χ3v) is 3.74. The maximum atomic E-state index is 11.8. The van der Waals surface area contributed by atoms with Crippen molar-refractivity contribution >= 4 is 17.6 Å². The second-order valence-corrected chi connectivity index (χ2v) is 5.46. The Morgan fingerprint density at radius 1 is 1.43 bits per heavy atom.